The van der Waals surface area contributed by atoms with E-state index in [0.29, 0.717) is 25.2 Å². The molecule has 0 bridgehead atoms. The molecule has 1 unspecified atom stereocenters. The Kier molecular flexibility index (Phi) is 5.62. The summed E-state index contributed by atoms with van der Waals surface area (Å²) >= 11 is 0. The van der Waals surface area contributed by atoms with Gasteiger partial charge in [-0.15, -0.1) is 0 Å². The fourth-order valence-corrected chi connectivity index (χ4v) is 4.16. The Balaban J connectivity index is 2.35. The van der Waals surface area contributed by atoms with Crippen LogP contribution >= 0.6 is 0 Å². The Morgan fingerprint density at radius 1 is 1.22 bits per heavy atom. The first-order chi connectivity index (χ1) is 10.8. The molecule has 1 atom stereocenters. The minimum Gasteiger partial charge on any atom is -0.341 e. The minimum absolute atomic E-state index is 0.179. The summed E-state index contributed by atoms with van der Waals surface area (Å²) in [5.74, 6) is -0.625. The third kappa shape index (κ3) is 4.22. The van der Waals surface area contributed by atoms with Crippen LogP contribution in [0.2, 0.25) is 0 Å². The highest BCUT2D eigenvalue weighted by molar-refractivity contribution is 7.92. The molecule has 23 heavy (non-hydrogen) atoms. The quantitative estimate of drug-likeness (QED) is 0.825. The lowest BCUT2D eigenvalue weighted by molar-refractivity contribution is -0.133. The molecule has 1 fully saturated rings. The van der Waals surface area contributed by atoms with Crippen molar-refractivity contribution in [2.75, 3.05) is 23.7 Å². The number of likely N-dealkylation sites (tertiary alicyclic amines) is 1. The Hall–Kier alpha value is -1.63. The molecule has 0 aliphatic carbocycles. The van der Waals surface area contributed by atoms with Crippen molar-refractivity contribution in [1.82, 2.24) is 4.90 Å². The summed E-state index contributed by atoms with van der Waals surface area (Å²) < 4.78 is 38.8. The molecule has 7 heteroatoms. The van der Waals surface area contributed by atoms with Gasteiger partial charge in [-0.05, 0) is 49.9 Å². The molecule has 0 aromatic heterocycles. The van der Waals surface area contributed by atoms with E-state index in [-0.39, 0.29) is 5.91 Å². The second-order valence-corrected chi connectivity index (χ2v) is 7.70. The molecule has 2 rings (SSSR count). The van der Waals surface area contributed by atoms with Gasteiger partial charge in [0.05, 0.1) is 11.9 Å². The molecule has 1 aromatic carbocycles. The van der Waals surface area contributed by atoms with Gasteiger partial charge in [0, 0.05) is 13.1 Å². The Labute approximate surface area is 137 Å². The van der Waals surface area contributed by atoms with E-state index < -0.39 is 21.9 Å². The van der Waals surface area contributed by atoms with Gasteiger partial charge < -0.3 is 4.90 Å². The van der Waals surface area contributed by atoms with Gasteiger partial charge >= 0.3 is 0 Å². The lowest BCUT2D eigenvalue weighted by atomic mass is 10.1. The zero-order valence-electron chi connectivity index (χ0n) is 13.5. The number of hydrogen-bond donors (Lipinski definition) is 0. The molecule has 1 aliphatic heterocycles. The number of halogens is 1. The Morgan fingerprint density at radius 3 is 2.26 bits per heavy atom. The van der Waals surface area contributed by atoms with Gasteiger partial charge in [-0.25, -0.2) is 12.8 Å². The van der Waals surface area contributed by atoms with Crippen molar-refractivity contribution in [3.63, 3.8) is 0 Å². The van der Waals surface area contributed by atoms with Gasteiger partial charge in [0.25, 0.3) is 0 Å². The van der Waals surface area contributed by atoms with E-state index in [1.165, 1.54) is 24.3 Å². The van der Waals surface area contributed by atoms with E-state index in [0.717, 1.165) is 29.8 Å². The molecule has 0 saturated carbocycles. The highest BCUT2D eigenvalue weighted by atomic mass is 32.2. The molecule has 1 aliphatic rings. The maximum atomic E-state index is 13.1. The van der Waals surface area contributed by atoms with Crippen LogP contribution in [0.1, 0.15) is 32.6 Å². The van der Waals surface area contributed by atoms with E-state index in [1.807, 2.05) is 0 Å². The second-order valence-electron chi connectivity index (χ2n) is 5.85. The maximum absolute atomic E-state index is 13.1. The number of amides is 1. The topological polar surface area (TPSA) is 57.7 Å². The van der Waals surface area contributed by atoms with Crippen molar-refractivity contribution < 1.29 is 17.6 Å². The lowest BCUT2D eigenvalue weighted by Gasteiger charge is -2.35. The molecule has 128 valence electrons. The molecular formula is C16H23FN2O3S. The standard InChI is InChI=1S/C16H23FN2O3S/c1-3-15(16(20)18-11-5-4-6-12-18)19(23(2,21)22)14-9-7-13(17)8-10-14/h7-10,15H,3-6,11-12H2,1-2H3. The van der Waals surface area contributed by atoms with E-state index in [9.17, 15) is 17.6 Å². The number of benzene rings is 1. The molecule has 0 spiro atoms. The van der Waals surface area contributed by atoms with Crippen LogP contribution in [0.15, 0.2) is 24.3 Å². The molecule has 1 heterocycles. The number of hydrogen-bond acceptors (Lipinski definition) is 3. The van der Waals surface area contributed by atoms with E-state index in [1.54, 1.807) is 11.8 Å². The first kappa shape index (κ1) is 17.7. The summed E-state index contributed by atoms with van der Waals surface area (Å²) in [5.41, 5.74) is 0.311. The summed E-state index contributed by atoms with van der Waals surface area (Å²) in [6.45, 7) is 3.11. The van der Waals surface area contributed by atoms with Gasteiger partial charge in [-0.1, -0.05) is 6.92 Å². The molecule has 5 nitrogen and oxygen atoms in total. The first-order valence-corrected chi connectivity index (χ1v) is 9.73. The minimum atomic E-state index is -3.66. The summed E-state index contributed by atoms with van der Waals surface area (Å²) in [5, 5.41) is 0. The average molecular weight is 342 g/mol. The highest BCUT2D eigenvalue weighted by Gasteiger charge is 2.34. The van der Waals surface area contributed by atoms with Crippen molar-refractivity contribution in [2.45, 2.75) is 38.6 Å². The summed E-state index contributed by atoms with van der Waals surface area (Å²) in [4.78, 5) is 14.5. The van der Waals surface area contributed by atoms with Gasteiger partial charge in [0.2, 0.25) is 15.9 Å². The SMILES string of the molecule is CCC(C(=O)N1CCCCC1)N(c1ccc(F)cc1)S(C)(=O)=O. The highest BCUT2D eigenvalue weighted by Crippen LogP contribution is 2.24. The van der Waals surface area contributed by atoms with Gasteiger partial charge in [-0.2, -0.15) is 0 Å². The smallest absolute Gasteiger partial charge is 0.246 e. The van der Waals surface area contributed by atoms with Crippen LogP contribution in [-0.4, -0.2) is 44.6 Å². The van der Waals surface area contributed by atoms with Crippen molar-refractivity contribution in [1.29, 1.82) is 0 Å². The van der Waals surface area contributed by atoms with E-state index in [2.05, 4.69) is 0 Å². The normalized spacial score (nSPS) is 16.9. The Bertz CT molecular complexity index is 640. The number of carbonyl (C=O) groups excluding carboxylic acids is 1. The number of rotatable bonds is 5. The maximum Gasteiger partial charge on any atom is 0.246 e. The molecule has 1 amide bonds. The number of piperidine rings is 1. The van der Waals surface area contributed by atoms with Crippen molar-refractivity contribution in [3.8, 4) is 0 Å². The Morgan fingerprint density at radius 2 is 1.78 bits per heavy atom. The van der Waals surface area contributed by atoms with Gasteiger partial charge in [-0.3, -0.25) is 9.10 Å². The van der Waals surface area contributed by atoms with Crippen molar-refractivity contribution in [3.05, 3.63) is 30.1 Å². The third-order valence-corrected chi connectivity index (χ3v) is 5.24. The van der Waals surface area contributed by atoms with E-state index >= 15 is 0 Å². The predicted octanol–water partition coefficient (Wildman–Crippen LogP) is 2.38. The van der Waals surface area contributed by atoms with Crippen LogP contribution in [0.4, 0.5) is 10.1 Å². The fraction of sp³-hybridized carbons (Fsp3) is 0.562. The summed E-state index contributed by atoms with van der Waals surface area (Å²) in [7, 11) is -3.66. The molecule has 0 N–H and O–H groups in total. The van der Waals surface area contributed by atoms with E-state index in [4.69, 9.17) is 0 Å². The lowest BCUT2D eigenvalue weighted by Crippen LogP contribution is -2.51. The van der Waals surface area contributed by atoms with Crippen LogP contribution in [0, 0.1) is 5.82 Å². The zero-order chi connectivity index (χ0) is 17.0. The van der Waals surface area contributed by atoms with Gasteiger partial charge in [0.1, 0.15) is 11.9 Å². The van der Waals surface area contributed by atoms with Crippen LogP contribution < -0.4 is 4.31 Å². The second kappa shape index (κ2) is 7.29. The summed E-state index contributed by atoms with van der Waals surface area (Å²) in [6, 6.07) is 4.39. The zero-order valence-corrected chi connectivity index (χ0v) is 14.4. The van der Waals surface area contributed by atoms with Gasteiger partial charge in [0.15, 0.2) is 0 Å². The molecular weight excluding hydrogens is 319 g/mol. The average Bonchev–Trinajstić information content (AvgIpc) is 2.53. The number of nitrogens with zero attached hydrogens (tertiary/aromatic N) is 2. The monoisotopic (exact) mass is 342 g/mol. The summed E-state index contributed by atoms with van der Waals surface area (Å²) in [6.07, 6.45) is 4.41. The van der Waals surface area contributed by atoms with Crippen LogP contribution in [0.3, 0.4) is 0 Å². The number of anilines is 1. The number of sulfonamides is 1. The van der Waals surface area contributed by atoms with Crippen LogP contribution in [-0.2, 0) is 14.8 Å². The van der Waals surface area contributed by atoms with Crippen molar-refractivity contribution in [2.24, 2.45) is 0 Å². The molecule has 1 aromatic rings. The number of carbonyl (C=O) groups is 1. The molecule has 1 saturated heterocycles. The van der Waals surface area contributed by atoms with Crippen LogP contribution in [0.5, 0.6) is 0 Å². The fourth-order valence-electron chi connectivity index (χ4n) is 2.96. The first-order valence-electron chi connectivity index (χ1n) is 7.88. The van der Waals surface area contributed by atoms with Crippen LogP contribution in [0.25, 0.3) is 0 Å². The molecule has 0 radical (unpaired) electrons. The third-order valence-electron chi connectivity index (χ3n) is 4.06. The largest absolute Gasteiger partial charge is 0.341 e. The van der Waals surface area contributed by atoms with Crippen molar-refractivity contribution >= 4 is 21.6 Å². The predicted molar refractivity (Wildman–Crippen MR) is 88.2 cm³/mol.